The van der Waals surface area contributed by atoms with Crippen molar-refractivity contribution in [3.8, 4) is 16.8 Å². The number of rotatable bonds is 3. The molecule has 0 saturated heterocycles. The number of fused-ring (bicyclic) bond motifs is 3. The highest BCUT2D eigenvalue weighted by Gasteiger charge is 2.23. The predicted molar refractivity (Wildman–Crippen MR) is 113 cm³/mol. The average Bonchev–Trinajstić information content (AvgIpc) is 3.08. The normalized spacial score (nSPS) is 12.0. The third-order valence-electron chi connectivity index (χ3n) is 5.02. The molecule has 1 radical (unpaired) electrons. The van der Waals surface area contributed by atoms with Crippen molar-refractivity contribution in [3.05, 3.63) is 96.2 Å². The summed E-state index contributed by atoms with van der Waals surface area (Å²) in [6, 6.07) is 24.9. The van der Waals surface area contributed by atoms with E-state index in [9.17, 15) is 0 Å². The van der Waals surface area contributed by atoms with E-state index < -0.39 is 0 Å². The summed E-state index contributed by atoms with van der Waals surface area (Å²) in [5, 5.41) is 10.3. The smallest absolute Gasteiger partial charge is 0.326 e. The SMILES string of the molecule is O[B]c1ccc(-c2ccc3c(c2)c2c(n3-c3ccccc3)C=C[C+]=C2)cc1. The van der Waals surface area contributed by atoms with Gasteiger partial charge in [0.2, 0.25) is 0 Å². The second kappa shape index (κ2) is 6.41. The molecule has 125 valence electrons. The monoisotopic (exact) mass is 345 g/mol. The van der Waals surface area contributed by atoms with Crippen LogP contribution in [-0.4, -0.2) is 17.1 Å². The lowest BCUT2D eigenvalue weighted by molar-refractivity contribution is 0.615. The first kappa shape index (κ1) is 15.8. The molecule has 0 spiro atoms. The molecule has 0 atom stereocenters. The Labute approximate surface area is 159 Å². The number of aromatic nitrogens is 1. The molecule has 1 aliphatic rings. The highest BCUT2D eigenvalue weighted by molar-refractivity contribution is 6.45. The molecule has 0 bridgehead atoms. The van der Waals surface area contributed by atoms with E-state index in [1.807, 2.05) is 36.4 Å². The Balaban J connectivity index is 1.74. The van der Waals surface area contributed by atoms with Crippen molar-refractivity contribution in [2.24, 2.45) is 0 Å². The fraction of sp³-hybridized carbons (Fsp3) is 0. The van der Waals surface area contributed by atoms with E-state index >= 15 is 0 Å². The maximum absolute atomic E-state index is 9.14. The van der Waals surface area contributed by atoms with Crippen LogP contribution >= 0.6 is 0 Å². The molecule has 1 aliphatic carbocycles. The van der Waals surface area contributed by atoms with Gasteiger partial charge in [0.15, 0.2) is 5.69 Å². The third kappa shape index (κ3) is 2.62. The van der Waals surface area contributed by atoms with Crippen molar-refractivity contribution in [1.29, 1.82) is 0 Å². The molecule has 5 rings (SSSR count). The molecular formula is C24H16BNO+. The first-order valence-corrected chi connectivity index (χ1v) is 8.93. The maximum Gasteiger partial charge on any atom is 0.326 e. The number of hydrogen-bond acceptors (Lipinski definition) is 1. The largest absolute Gasteiger partial charge is 0.450 e. The fourth-order valence-corrected chi connectivity index (χ4v) is 3.71. The van der Waals surface area contributed by atoms with Gasteiger partial charge in [0.25, 0.3) is 0 Å². The van der Waals surface area contributed by atoms with Crippen LogP contribution in [0.1, 0.15) is 11.3 Å². The van der Waals surface area contributed by atoms with Crippen LogP contribution in [0.25, 0.3) is 39.9 Å². The van der Waals surface area contributed by atoms with E-state index in [4.69, 9.17) is 5.02 Å². The van der Waals surface area contributed by atoms with Crippen molar-refractivity contribution in [3.63, 3.8) is 0 Å². The molecule has 2 nitrogen and oxygen atoms in total. The lowest BCUT2D eigenvalue weighted by Gasteiger charge is -2.07. The van der Waals surface area contributed by atoms with E-state index in [1.165, 1.54) is 22.2 Å². The highest BCUT2D eigenvalue weighted by atomic mass is 16.2. The summed E-state index contributed by atoms with van der Waals surface area (Å²) in [5.74, 6) is 0. The van der Waals surface area contributed by atoms with Crippen molar-refractivity contribution in [1.82, 2.24) is 4.57 Å². The van der Waals surface area contributed by atoms with Gasteiger partial charge in [-0.2, -0.15) is 0 Å². The van der Waals surface area contributed by atoms with E-state index in [-0.39, 0.29) is 0 Å². The van der Waals surface area contributed by atoms with E-state index in [0.717, 1.165) is 29.8 Å². The van der Waals surface area contributed by atoms with Crippen LogP contribution < -0.4 is 5.46 Å². The number of para-hydroxylation sites is 1. The Morgan fingerprint density at radius 1 is 0.852 bits per heavy atom. The minimum absolute atomic E-state index is 0.801. The van der Waals surface area contributed by atoms with Gasteiger partial charge in [-0.05, 0) is 35.4 Å². The zero-order chi connectivity index (χ0) is 18.2. The van der Waals surface area contributed by atoms with Gasteiger partial charge < -0.3 is 5.02 Å². The zero-order valence-corrected chi connectivity index (χ0v) is 14.6. The Bertz CT molecular complexity index is 1180. The minimum Gasteiger partial charge on any atom is -0.450 e. The van der Waals surface area contributed by atoms with Gasteiger partial charge in [-0.1, -0.05) is 54.0 Å². The van der Waals surface area contributed by atoms with Crippen molar-refractivity contribution < 1.29 is 5.02 Å². The Hall–Kier alpha value is -3.39. The first-order valence-electron chi connectivity index (χ1n) is 8.93. The summed E-state index contributed by atoms with van der Waals surface area (Å²) in [7, 11) is 1.12. The number of benzene rings is 3. The minimum atomic E-state index is 0.801. The highest BCUT2D eigenvalue weighted by Crippen LogP contribution is 2.35. The molecule has 0 unspecified atom stereocenters. The summed E-state index contributed by atoms with van der Waals surface area (Å²) in [4.78, 5) is 0. The lowest BCUT2D eigenvalue weighted by Crippen LogP contribution is -2.11. The summed E-state index contributed by atoms with van der Waals surface area (Å²) >= 11 is 0. The van der Waals surface area contributed by atoms with Crippen molar-refractivity contribution >= 4 is 36.0 Å². The maximum atomic E-state index is 9.14. The molecular weight excluding hydrogens is 329 g/mol. The Morgan fingerprint density at radius 2 is 1.63 bits per heavy atom. The summed E-state index contributed by atoms with van der Waals surface area (Å²) in [5.41, 5.74) is 7.79. The number of hydrogen-bond donors (Lipinski definition) is 1. The summed E-state index contributed by atoms with van der Waals surface area (Å²) in [6.45, 7) is 0. The van der Waals surface area contributed by atoms with Gasteiger partial charge in [-0.25, -0.2) is 0 Å². The van der Waals surface area contributed by atoms with Crippen LogP contribution in [0, 0.1) is 6.08 Å². The average molecular weight is 345 g/mol. The van der Waals surface area contributed by atoms with Crippen LogP contribution in [0.3, 0.4) is 0 Å². The van der Waals surface area contributed by atoms with Crippen molar-refractivity contribution in [2.45, 2.75) is 0 Å². The molecule has 1 heterocycles. The molecule has 4 aromatic rings. The topological polar surface area (TPSA) is 25.2 Å². The van der Waals surface area contributed by atoms with Gasteiger partial charge in [-0.15, -0.1) is 0 Å². The van der Waals surface area contributed by atoms with E-state index in [0.29, 0.717) is 0 Å². The number of allylic oxidation sites excluding steroid dienone is 2. The summed E-state index contributed by atoms with van der Waals surface area (Å²) in [6.07, 6.45) is 9.36. The Kier molecular flexibility index (Phi) is 3.76. The van der Waals surface area contributed by atoms with Crippen LogP contribution in [-0.2, 0) is 0 Å². The molecule has 27 heavy (non-hydrogen) atoms. The summed E-state index contributed by atoms with van der Waals surface area (Å²) < 4.78 is 2.30. The van der Waals surface area contributed by atoms with Crippen LogP contribution in [0.15, 0.2) is 78.9 Å². The van der Waals surface area contributed by atoms with Gasteiger partial charge >= 0.3 is 7.48 Å². The van der Waals surface area contributed by atoms with Gasteiger partial charge in [0, 0.05) is 11.8 Å². The van der Waals surface area contributed by atoms with Crippen molar-refractivity contribution in [2.75, 3.05) is 0 Å². The van der Waals surface area contributed by atoms with Gasteiger partial charge in [0.1, 0.15) is 17.7 Å². The van der Waals surface area contributed by atoms with Crippen LogP contribution in [0.2, 0.25) is 0 Å². The Morgan fingerprint density at radius 3 is 2.41 bits per heavy atom. The van der Waals surface area contributed by atoms with Gasteiger partial charge in [0.05, 0.1) is 17.0 Å². The predicted octanol–water partition coefficient (Wildman–Crippen LogP) is 4.38. The quantitative estimate of drug-likeness (QED) is 0.433. The molecule has 3 aromatic carbocycles. The van der Waals surface area contributed by atoms with Gasteiger partial charge in [-0.3, -0.25) is 4.57 Å². The molecule has 1 N–H and O–H groups in total. The molecule has 0 saturated carbocycles. The second-order valence-corrected chi connectivity index (χ2v) is 6.60. The first-order chi connectivity index (χ1) is 13.3. The molecule has 0 fully saturated rings. The van der Waals surface area contributed by atoms with E-state index in [2.05, 4.69) is 65.3 Å². The third-order valence-corrected chi connectivity index (χ3v) is 5.02. The standard InChI is InChI=1S/C24H16BNO/c27-25-19-13-10-17(11-14-19)18-12-15-24-22(16-18)21-8-4-5-9-23(21)26(24)20-6-2-1-3-7-20/h1-3,5-16,27H/q+1. The molecule has 0 amide bonds. The number of nitrogens with zero attached hydrogens (tertiary/aromatic N) is 1. The van der Waals surface area contributed by atoms with Crippen LogP contribution in [0.4, 0.5) is 0 Å². The molecule has 3 heteroatoms. The lowest BCUT2D eigenvalue weighted by atomic mass is 9.87. The zero-order valence-electron chi connectivity index (χ0n) is 14.6. The van der Waals surface area contributed by atoms with Crippen LogP contribution in [0.5, 0.6) is 0 Å². The van der Waals surface area contributed by atoms with E-state index in [1.54, 1.807) is 0 Å². The second-order valence-electron chi connectivity index (χ2n) is 6.60. The fourth-order valence-electron chi connectivity index (χ4n) is 3.71. The molecule has 1 aromatic heterocycles. The molecule has 0 aliphatic heterocycles.